The van der Waals surface area contributed by atoms with Crippen molar-refractivity contribution in [3.05, 3.63) is 40.4 Å². The number of hydrogen-bond donors (Lipinski definition) is 2. The summed E-state index contributed by atoms with van der Waals surface area (Å²) in [5.74, 6) is 0.280. The lowest BCUT2D eigenvalue weighted by atomic mass is 9.97. The first-order chi connectivity index (χ1) is 19.7. The van der Waals surface area contributed by atoms with Gasteiger partial charge >= 0.3 is 6.01 Å². The first kappa shape index (κ1) is 27.8. The number of nitrogens with one attached hydrogen (secondary N) is 1. The van der Waals surface area contributed by atoms with Gasteiger partial charge in [-0.2, -0.15) is 15.2 Å². The highest BCUT2D eigenvalue weighted by Gasteiger charge is 2.34. The van der Waals surface area contributed by atoms with Gasteiger partial charge in [-0.3, -0.25) is 0 Å². The van der Waals surface area contributed by atoms with E-state index in [1.165, 1.54) is 32.3 Å². The van der Waals surface area contributed by atoms with E-state index >= 15 is 4.39 Å². The SMILES string of the molecule is CC1CN(C)C1.COc1nc(N2CC3CCC(C2)N3)c2cc(Cl)c(-c3ccc(F)c4sc(N)c(C#N)c34)c(F)c2n1. The Bertz CT molecular complexity index is 1680. The molecule has 3 aliphatic heterocycles. The molecule has 5 heterocycles. The third-order valence-electron chi connectivity index (χ3n) is 7.99. The molecule has 3 N–H and O–H groups in total. The van der Waals surface area contributed by atoms with Crippen LogP contribution in [0.15, 0.2) is 18.2 Å². The molecule has 214 valence electrons. The number of methoxy groups -OCH3 is 1. The fourth-order valence-corrected chi connectivity index (χ4v) is 7.47. The third kappa shape index (κ3) is 4.93. The molecule has 8 nitrogen and oxygen atoms in total. The Morgan fingerprint density at radius 2 is 1.88 bits per heavy atom. The van der Waals surface area contributed by atoms with Gasteiger partial charge in [-0.25, -0.2) is 8.78 Å². The summed E-state index contributed by atoms with van der Waals surface area (Å²) in [4.78, 5) is 13.3. The topological polar surface area (TPSA) is 103 Å². The Balaban J connectivity index is 0.000000449. The second-order valence-electron chi connectivity index (χ2n) is 11.1. The number of rotatable bonds is 3. The van der Waals surface area contributed by atoms with Crippen LogP contribution in [0.25, 0.3) is 32.1 Å². The summed E-state index contributed by atoms with van der Waals surface area (Å²) in [7, 11) is 3.58. The Morgan fingerprint density at radius 1 is 1.17 bits per heavy atom. The quantitative estimate of drug-likeness (QED) is 0.323. The van der Waals surface area contributed by atoms with Gasteiger partial charge in [0.1, 0.15) is 28.2 Å². The summed E-state index contributed by atoms with van der Waals surface area (Å²) in [6.45, 7) is 6.34. The van der Waals surface area contributed by atoms with E-state index in [9.17, 15) is 9.65 Å². The lowest BCUT2D eigenvalue weighted by Gasteiger charge is -2.34. The fraction of sp³-hybridized carbons (Fsp3) is 0.414. The Labute approximate surface area is 245 Å². The van der Waals surface area contributed by atoms with E-state index in [1.807, 2.05) is 6.07 Å². The number of thiophene rings is 1. The molecule has 3 aliphatic rings. The van der Waals surface area contributed by atoms with Crippen molar-refractivity contribution in [1.29, 1.82) is 5.26 Å². The van der Waals surface area contributed by atoms with Gasteiger partial charge in [0.15, 0.2) is 5.82 Å². The van der Waals surface area contributed by atoms with E-state index in [2.05, 4.69) is 39.1 Å². The van der Waals surface area contributed by atoms with Crippen LogP contribution in [0.5, 0.6) is 6.01 Å². The maximum atomic E-state index is 16.3. The van der Waals surface area contributed by atoms with Gasteiger partial charge in [-0.15, -0.1) is 11.3 Å². The molecular formula is C29H30ClF2N7OS. The summed E-state index contributed by atoms with van der Waals surface area (Å²) in [5, 5.41) is 14.2. The van der Waals surface area contributed by atoms with Gasteiger partial charge in [0.25, 0.3) is 0 Å². The van der Waals surface area contributed by atoms with Crippen LogP contribution in [0.2, 0.25) is 5.02 Å². The van der Waals surface area contributed by atoms with Gasteiger partial charge in [-0.05, 0) is 43.5 Å². The molecule has 2 bridgehead atoms. The van der Waals surface area contributed by atoms with Crippen LogP contribution in [0.4, 0.5) is 19.6 Å². The van der Waals surface area contributed by atoms with Crippen LogP contribution in [-0.2, 0) is 0 Å². The summed E-state index contributed by atoms with van der Waals surface area (Å²) in [6, 6.07) is 6.98. The number of piperazine rings is 1. The number of nitrogens with two attached hydrogens (primary N) is 1. The second kappa shape index (κ2) is 10.8. The highest BCUT2D eigenvalue weighted by Crippen LogP contribution is 2.45. The largest absolute Gasteiger partial charge is 0.467 e. The molecule has 0 radical (unpaired) electrons. The van der Waals surface area contributed by atoms with Crippen LogP contribution in [-0.4, -0.2) is 67.3 Å². The van der Waals surface area contributed by atoms with Crippen molar-refractivity contribution in [2.24, 2.45) is 5.92 Å². The van der Waals surface area contributed by atoms with E-state index in [-0.39, 0.29) is 48.3 Å². The number of halogens is 3. The minimum atomic E-state index is -0.700. The number of likely N-dealkylation sites (tertiary alicyclic amines) is 1. The molecular weight excluding hydrogens is 568 g/mol. The molecule has 2 atom stereocenters. The maximum Gasteiger partial charge on any atom is 0.318 e. The Kier molecular flexibility index (Phi) is 7.36. The van der Waals surface area contributed by atoms with Crippen LogP contribution in [0, 0.1) is 28.9 Å². The number of hydrogen-bond acceptors (Lipinski definition) is 9. The van der Waals surface area contributed by atoms with Crippen LogP contribution >= 0.6 is 22.9 Å². The zero-order chi connectivity index (χ0) is 29.0. The zero-order valence-corrected chi connectivity index (χ0v) is 24.5. The first-order valence-electron chi connectivity index (χ1n) is 13.5. The van der Waals surface area contributed by atoms with E-state index < -0.39 is 11.6 Å². The number of benzene rings is 2. The Morgan fingerprint density at radius 3 is 2.46 bits per heavy atom. The zero-order valence-electron chi connectivity index (χ0n) is 23.0. The predicted octanol–water partition coefficient (Wildman–Crippen LogP) is 5.41. The summed E-state index contributed by atoms with van der Waals surface area (Å²) in [5.41, 5.74) is 6.39. The highest BCUT2D eigenvalue weighted by molar-refractivity contribution is 7.23. The molecule has 4 aromatic rings. The number of ether oxygens (including phenoxy) is 1. The number of nitriles is 1. The second-order valence-corrected chi connectivity index (χ2v) is 12.6. The van der Waals surface area contributed by atoms with E-state index in [0.29, 0.717) is 23.3 Å². The molecule has 2 unspecified atom stereocenters. The predicted molar refractivity (Wildman–Crippen MR) is 160 cm³/mol. The number of fused-ring (bicyclic) bond motifs is 4. The van der Waals surface area contributed by atoms with Gasteiger partial charge in [0, 0.05) is 54.6 Å². The van der Waals surface area contributed by atoms with Crippen molar-refractivity contribution in [1.82, 2.24) is 20.2 Å². The molecule has 0 saturated carbocycles. The van der Waals surface area contributed by atoms with Gasteiger partial charge in [-0.1, -0.05) is 24.6 Å². The molecule has 41 heavy (non-hydrogen) atoms. The lowest BCUT2D eigenvalue weighted by Crippen LogP contribution is -2.51. The summed E-state index contributed by atoms with van der Waals surface area (Å²) in [6.07, 6.45) is 2.15. The molecule has 7 rings (SSSR count). The average molecular weight is 598 g/mol. The molecule has 0 aliphatic carbocycles. The smallest absolute Gasteiger partial charge is 0.318 e. The van der Waals surface area contributed by atoms with E-state index in [4.69, 9.17) is 22.1 Å². The average Bonchev–Trinajstić information content (AvgIpc) is 3.46. The van der Waals surface area contributed by atoms with Crippen LogP contribution < -0.4 is 20.7 Å². The molecule has 12 heteroatoms. The van der Waals surface area contributed by atoms with Crippen molar-refractivity contribution >= 4 is 54.7 Å². The van der Waals surface area contributed by atoms with E-state index in [0.717, 1.165) is 43.2 Å². The normalized spacial score (nSPS) is 20.6. The standard InChI is InChI=1S/C24H19ClF2N6OS.C5H11N/c1-34-24-31-20-13(23(32-24)33-8-10-2-3-11(9-33)30-10)6-15(25)18(19(20)27)12-4-5-16(26)21-17(12)14(7-28)22(29)35-21;1-5-3-6(2)4-5/h4-6,10-11,30H,2-3,8-9,29H2,1H3;5H,3-4H2,1-2H3. The van der Waals surface area contributed by atoms with Crippen LogP contribution in [0.1, 0.15) is 25.3 Å². The van der Waals surface area contributed by atoms with Crippen molar-refractivity contribution in [2.75, 3.05) is 51.0 Å². The minimum Gasteiger partial charge on any atom is -0.467 e. The van der Waals surface area contributed by atoms with Gasteiger partial charge < -0.3 is 25.6 Å². The number of nitrogen functional groups attached to an aromatic ring is 1. The molecule has 3 saturated heterocycles. The molecule has 2 aromatic carbocycles. The van der Waals surface area contributed by atoms with Crippen molar-refractivity contribution in [3.8, 4) is 23.2 Å². The third-order valence-corrected chi connectivity index (χ3v) is 9.31. The van der Waals surface area contributed by atoms with Gasteiger partial charge in [0.05, 0.1) is 22.4 Å². The number of anilines is 2. The van der Waals surface area contributed by atoms with Crippen LogP contribution in [0.3, 0.4) is 0 Å². The van der Waals surface area contributed by atoms with Gasteiger partial charge in [0.2, 0.25) is 0 Å². The van der Waals surface area contributed by atoms with Crippen molar-refractivity contribution in [3.63, 3.8) is 0 Å². The monoisotopic (exact) mass is 597 g/mol. The Hall–Kier alpha value is -3.30. The van der Waals surface area contributed by atoms with Crippen molar-refractivity contribution < 1.29 is 13.5 Å². The van der Waals surface area contributed by atoms with E-state index in [1.54, 1.807) is 6.07 Å². The summed E-state index contributed by atoms with van der Waals surface area (Å²) >= 11 is 7.62. The highest BCUT2D eigenvalue weighted by atomic mass is 35.5. The van der Waals surface area contributed by atoms with Crippen molar-refractivity contribution in [2.45, 2.75) is 31.8 Å². The molecule has 2 aromatic heterocycles. The summed E-state index contributed by atoms with van der Waals surface area (Å²) < 4.78 is 36.3. The first-order valence-corrected chi connectivity index (χ1v) is 14.7. The maximum absolute atomic E-state index is 16.3. The molecule has 0 amide bonds. The minimum absolute atomic E-state index is 0.0190. The molecule has 3 fully saturated rings. The number of nitrogens with zero attached hydrogens (tertiary/aromatic N) is 5. The number of aromatic nitrogens is 2. The fourth-order valence-electron chi connectivity index (χ4n) is 6.23. The molecule has 0 spiro atoms. The lowest BCUT2D eigenvalue weighted by molar-refractivity contribution is 0.149.